The molecule has 0 bridgehead atoms. The van der Waals surface area contributed by atoms with Gasteiger partial charge in [0.2, 0.25) is 11.8 Å². The van der Waals surface area contributed by atoms with Gasteiger partial charge in [-0.2, -0.15) is 0 Å². The van der Waals surface area contributed by atoms with Crippen LogP contribution in [0.3, 0.4) is 0 Å². The van der Waals surface area contributed by atoms with E-state index in [1.807, 2.05) is 0 Å². The van der Waals surface area contributed by atoms with Crippen molar-refractivity contribution in [2.75, 3.05) is 11.4 Å². The van der Waals surface area contributed by atoms with Crippen LogP contribution in [0.1, 0.15) is 25.3 Å². The molecule has 2 unspecified atom stereocenters. The van der Waals surface area contributed by atoms with Crippen molar-refractivity contribution in [3.8, 4) is 11.8 Å². The van der Waals surface area contributed by atoms with Gasteiger partial charge in [-0.1, -0.05) is 18.8 Å². The minimum Gasteiger partial charge on any atom is -0.320 e. The Labute approximate surface area is 123 Å². The van der Waals surface area contributed by atoms with Gasteiger partial charge < -0.3 is 5.73 Å². The number of nitrogens with zero attached hydrogens (tertiary/aromatic N) is 2. The van der Waals surface area contributed by atoms with Gasteiger partial charge in [-0.15, -0.1) is 0 Å². The second-order valence-electron chi connectivity index (χ2n) is 5.71. The van der Waals surface area contributed by atoms with E-state index in [1.54, 1.807) is 18.3 Å². The number of hydrogen-bond donors (Lipinski definition) is 1. The molecule has 3 rings (SSSR count). The van der Waals surface area contributed by atoms with Gasteiger partial charge in [-0.25, -0.2) is 9.88 Å². The molecular weight excluding hydrogens is 266 g/mol. The highest BCUT2D eigenvalue weighted by molar-refractivity contribution is 6.21. The average Bonchev–Trinajstić information content (AvgIpc) is 2.96. The third-order valence-electron chi connectivity index (χ3n) is 4.18. The van der Waals surface area contributed by atoms with Gasteiger partial charge in [0.15, 0.2) is 0 Å². The summed E-state index contributed by atoms with van der Waals surface area (Å²) in [4.78, 5) is 30.3. The van der Waals surface area contributed by atoms with Crippen molar-refractivity contribution in [2.24, 2.45) is 23.5 Å². The molecule has 1 aromatic heterocycles. The highest BCUT2D eigenvalue weighted by Gasteiger charge is 2.52. The molecule has 2 amide bonds. The monoisotopic (exact) mass is 283 g/mol. The second-order valence-corrected chi connectivity index (χ2v) is 5.71. The number of pyridine rings is 1. The number of aromatic nitrogens is 1. The maximum atomic E-state index is 12.5. The second kappa shape index (κ2) is 5.30. The van der Waals surface area contributed by atoms with Gasteiger partial charge in [0, 0.05) is 11.8 Å². The molecule has 0 spiro atoms. The summed E-state index contributed by atoms with van der Waals surface area (Å²) < 4.78 is 0. The summed E-state index contributed by atoms with van der Waals surface area (Å²) >= 11 is 0. The summed E-state index contributed by atoms with van der Waals surface area (Å²) in [6, 6.07) is 3.41. The number of amides is 2. The third kappa shape index (κ3) is 2.32. The molecule has 108 valence electrons. The zero-order chi connectivity index (χ0) is 15.0. The quantitative estimate of drug-likeness (QED) is 0.614. The normalized spacial score (nSPS) is 27.5. The molecule has 0 radical (unpaired) electrons. The molecule has 2 N–H and O–H groups in total. The maximum absolute atomic E-state index is 12.5. The van der Waals surface area contributed by atoms with Crippen LogP contribution < -0.4 is 10.6 Å². The van der Waals surface area contributed by atoms with Crippen LogP contribution in [0.15, 0.2) is 18.3 Å². The molecule has 2 fully saturated rings. The number of anilines is 1. The van der Waals surface area contributed by atoms with Crippen LogP contribution in [0.2, 0.25) is 0 Å². The van der Waals surface area contributed by atoms with Crippen molar-refractivity contribution in [3.05, 3.63) is 23.9 Å². The van der Waals surface area contributed by atoms with Crippen LogP contribution in [-0.4, -0.2) is 23.3 Å². The van der Waals surface area contributed by atoms with E-state index in [4.69, 9.17) is 5.73 Å². The Kier molecular flexibility index (Phi) is 3.48. The van der Waals surface area contributed by atoms with Crippen molar-refractivity contribution >= 4 is 17.6 Å². The SMILES string of the molecule is CC1CC2C(=O)N(c3cc(C#CCN)ccn3)C(=O)C2C1. The zero-order valence-electron chi connectivity index (χ0n) is 11.9. The van der Waals surface area contributed by atoms with Crippen molar-refractivity contribution in [3.63, 3.8) is 0 Å². The molecule has 5 heteroatoms. The molecule has 5 nitrogen and oxygen atoms in total. The topological polar surface area (TPSA) is 76.3 Å². The zero-order valence-corrected chi connectivity index (χ0v) is 11.9. The summed E-state index contributed by atoms with van der Waals surface area (Å²) in [5.41, 5.74) is 6.05. The Morgan fingerprint density at radius 3 is 2.62 bits per heavy atom. The Morgan fingerprint density at radius 1 is 1.33 bits per heavy atom. The number of nitrogens with two attached hydrogens (primary N) is 1. The molecule has 0 aromatic carbocycles. The highest BCUT2D eigenvalue weighted by Crippen LogP contribution is 2.43. The predicted octanol–water partition coefficient (Wildman–Crippen LogP) is 0.927. The van der Waals surface area contributed by atoms with E-state index in [0.29, 0.717) is 17.3 Å². The summed E-state index contributed by atoms with van der Waals surface area (Å²) in [6.07, 6.45) is 3.14. The lowest BCUT2D eigenvalue weighted by atomic mass is 10.00. The predicted molar refractivity (Wildman–Crippen MR) is 78.0 cm³/mol. The van der Waals surface area contributed by atoms with Gasteiger partial charge in [0.05, 0.1) is 18.4 Å². The summed E-state index contributed by atoms with van der Waals surface area (Å²) in [6.45, 7) is 2.35. The van der Waals surface area contributed by atoms with E-state index in [-0.39, 0.29) is 30.2 Å². The lowest BCUT2D eigenvalue weighted by molar-refractivity contribution is -0.123. The Bertz CT molecular complexity index is 635. The number of carbonyl (C=O) groups is 2. The minimum absolute atomic E-state index is 0.120. The molecule has 2 atom stereocenters. The fourth-order valence-corrected chi connectivity index (χ4v) is 3.28. The van der Waals surface area contributed by atoms with Gasteiger partial charge in [-0.05, 0) is 30.9 Å². The van der Waals surface area contributed by atoms with E-state index >= 15 is 0 Å². The van der Waals surface area contributed by atoms with Crippen molar-refractivity contribution < 1.29 is 9.59 Å². The number of carbonyl (C=O) groups excluding carboxylic acids is 2. The fourth-order valence-electron chi connectivity index (χ4n) is 3.28. The van der Waals surface area contributed by atoms with E-state index in [9.17, 15) is 9.59 Å². The Hall–Kier alpha value is -2.19. The van der Waals surface area contributed by atoms with Crippen molar-refractivity contribution in [1.29, 1.82) is 0 Å². The first kappa shape index (κ1) is 13.8. The number of hydrogen-bond acceptors (Lipinski definition) is 4. The van der Waals surface area contributed by atoms with Gasteiger partial charge in [-0.3, -0.25) is 9.59 Å². The fraction of sp³-hybridized carbons (Fsp3) is 0.438. The molecule has 1 aliphatic carbocycles. The van der Waals surface area contributed by atoms with E-state index in [0.717, 1.165) is 12.8 Å². The largest absolute Gasteiger partial charge is 0.320 e. The number of imide groups is 1. The molecule has 2 aliphatic rings. The number of fused-ring (bicyclic) bond motifs is 1. The van der Waals surface area contributed by atoms with Crippen molar-refractivity contribution in [2.45, 2.75) is 19.8 Å². The maximum Gasteiger partial charge on any atom is 0.238 e. The van der Waals surface area contributed by atoms with Crippen LogP contribution in [0, 0.1) is 29.6 Å². The van der Waals surface area contributed by atoms with E-state index in [2.05, 4.69) is 23.7 Å². The van der Waals surface area contributed by atoms with E-state index in [1.165, 1.54) is 4.90 Å². The first-order chi connectivity index (χ1) is 10.1. The first-order valence-electron chi connectivity index (χ1n) is 7.14. The molecule has 1 saturated heterocycles. The lowest BCUT2D eigenvalue weighted by Gasteiger charge is -2.15. The molecule has 1 saturated carbocycles. The number of rotatable bonds is 1. The van der Waals surface area contributed by atoms with Gasteiger partial charge in [0.1, 0.15) is 5.82 Å². The van der Waals surface area contributed by atoms with Crippen LogP contribution in [0.25, 0.3) is 0 Å². The average molecular weight is 283 g/mol. The lowest BCUT2D eigenvalue weighted by Crippen LogP contribution is -2.32. The van der Waals surface area contributed by atoms with Crippen LogP contribution in [0.4, 0.5) is 5.82 Å². The summed E-state index contributed by atoms with van der Waals surface area (Å²) in [7, 11) is 0. The molecule has 21 heavy (non-hydrogen) atoms. The van der Waals surface area contributed by atoms with Crippen LogP contribution >= 0.6 is 0 Å². The molecule has 2 heterocycles. The highest BCUT2D eigenvalue weighted by atomic mass is 16.2. The first-order valence-corrected chi connectivity index (χ1v) is 7.14. The summed E-state index contributed by atoms with van der Waals surface area (Å²) in [5, 5.41) is 0. The van der Waals surface area contributed by atoms with E-state index < -0.39 is 0 Å². The van der Waals surface area contributed by atoms with Crippen LogP contribution in [-0.2, 0) is 9.59 Å². The standard InChI is InChI=1S/C16H17N3O2/c1-10-7-12-13(8-10)16(21)19(15(12)20)14-9-11(3-2-5-17)4-6-18-14/h4,6,9-10,12-13H,5,7-8,17H2,1H3. The smallest absolute Gasteiger partial charge is 0.238 e. The minimum atomic E-state index is -0.173. The molecule has 1 aromatic rings. The van der Waals surface area contributed by atoms with Crippen molar-refractivity contribution in [1.82, 2.24) is 4.98 Å². The molecular formula is C16H17N3O2. The van der Waals surface area contributed by atoms with Gasteiger partial charge >= 0.3 is 0 Å². The summed E-state index contributed by atoms with van der Waals surface area (Å²) in [5.74, 6) is 5.86. The van der Waals surface area contributed by atoms with Gasteiger partial charge in [0.25, 0.3) is 0 Å². The van der Waals surface area contributed by atoms with Crippen LogP contribution in [0.5, 0.6) is 0 Å². The Morgan fingerprint density at radius 2 is 2.00 bits per heavy atom. The third-order valence-corrected chi connectivity index (χ3v) is 4.18. The molecule has 1 aliphatic heterocycles. The Balaban J connectivity index is 1.91.